The molecule has 4 heteroatoms. The Hall–Kier alpha value is -1.55. The van der Waals surface area contributed by atoms with Gasteiger partial charge in [0.15, 0.2) is 0 Å². The second kappa shape index (κ2) is 4.99. The number of hydrogen-bond acceptors (Lipinski definition) is 3. The first-order chi connectivity index (χ1) is 7.83. The number of piperidine rings is 1. The first-order valence-electron chi connectivity index (χ1n) is 5.68. The summed E-state index contributed by atoms with van der Waals surface area (Å²) in [4.78, 5) is 14.1. The number of carbonyl (C=O) groups excluding carboxylic acids is 1. The van der Waals surface area contributed by atoms with Crippen LogP contribution in [0.25, 0.3) is 0 Å². The Labute approximate surface area is 95.4 Å². The van der Waals surface area contributed by atoms with E-state index in [1.54, 1.807) is 0 Å². The van der Waals surface area contributed by atoms with Crippen LogP contribution in [0, 0.1) is 0 Å². The SMILES string of the molecule is NNc1ccccc1C(=O)N1CCCCC1. The fourth-order valence-electron chi connectivity index (χ4n) is 2.06. The third-order valence-corrected chi connectivity index (χ3v) is 2.96. The monoisotopic (exact) mass is 219 g/mol. The Kier molecular flexibility index (Phi) is 3.41. The Morgan fingerprint density at radius 3 is 2.56 bits per heavy atom. The molecule has 86 valence electrons. The van der Waals surface area contributed by atoms with E-state index in [1.165, 1.54) is 6.42 Å². The van der Waals surface area contributed by atoms with Crippen molar-refractivity contribution in [2.24, 2.45) is 5.84 Å². The van der Waals surface area contributed by atoms with Crippen molar-refractivity contribution in [3.63, 3.8) is 0 Å². The molecule has 0 atom stereocenters. The molecule has 1 aromatic carbocycles. The van der Waals surface area contributed by atoms with E-state index < -0.39 is 0 Å². The van der Waals surface area contributed by atoms with Crippen LogP contribution in [-0.2, 0) is 0 Å². The van der Waals surface area contributed by atoms with E-state index in [9.17, 15) is 4.79 Å². The maximum atomic E-state index is 12.2. The Bertz CT molecular complexity index is 372. The number of amides is 1. The highest BCUT2D eigenvalue weighted by atomic mass is 16.2. The van der Waals surface area contributed by atoms with Crippen molar-refractivity contribution in [1.82, 2.24) is 4.90 Å². The van der Waals surface area contributed by atoms with E-state index in [2.05, 4.69) is 5.43 Å². The van der Waals surface area contributed by atoms with Crippen LogP contribution in [0.2, 0.25) is 0 Å². The van der Waals surface area contributed by atoms with Gasteiger partial charge in [-0.05, 0) is 31.4 Å². The molecule has 1 heterocycles. The third-order valence-electron chi connectivity index (χ3n) is 2.96. The van der Waals surface area contributed by atoms with Crippen LogP contribution in [0.4, 0.5) is 5.69 Å². The van der Waals surface area contributed by atoms with Crippen molar-refractivity contribution in [2.75, 3.05) is 18.5 Å². The van der Waals surface area contributed by atoms with Gasteiger partial charge in [-0.2, -0.15) is 0 Å². The molecule has 1 aliphatic heterocycles. The van der Waals surface area contributed by atoms with Crippen LogP contribution in [0.1, 0.15) is 29.6 Å². The predicted molar refractivity (Wildman–Crippen MR) is 64.0 cm³/mol. The van der Waals surface area contributed by atoms with Crippen LogP contribution >= 0.6 is 0 Å². The number of hydrazine groups is 1. The van der Waals surface area contributed by atoms with E-state index >= 15 is 0 Å². The molecule has 1 fully saturated rings. The van der Waals surface area contributed by atoms with E-state index in [0.717, 1.165) is 25.9 Å². The van der Waals surface area contributed by atoms with Gasteiger partial charge in [-0.3, -0.25) is 10.6 Å². The van der Waals surface area contributed by atoms with Crippen LogP contribution < -0.4 is 11.3 Å². The van der Waals surface area contributed by atoms with E-state index in [4.69, 9.17) is 5.84 Å². The number of anilines is 1. The second-order valence-electron chi connectivity index (χ2n) is 4.04. The molecule has 0 spiro atoms. The minimum absolute atomic E-state index is 0.0771. The average molecular weight is 219 g/mol. The molecule has 1 aromatic rings. The summed E-state index contributed by atoms with van der Waals surface area (Å²) in [6.07, 6.45) is 3.43. The molecule has 4 nitrogen and oxygen atoms in total. The fourth-order valence-corrected chi connectivity index (χ4v) is 2.06. The van der Waals surface area contributed by atoms with Crippen molar-refractivity contribution < 1.29 is 4.79 Å². The van der Waals surface area contributed by atoms with Crippen LogP contribution in [0.5, 0.6) is 0 Å². The number of carbonyl (C=O) groups is 1. The molecule has 1 amide bonds. The van der Waals surface area contributed by atoms with Gasteiger partial charge < -0.3 is 10.3 Å². The zero-order chi connectivity index (χ0) is 11.4. The fraction of sp³-hybridized carbons (Fsp3) is 0.417. The summed E-state index contributed by atoms with van der Waals surface area (Å²) < 4.78 is 0. The smallest absolute Gasteiger partial charge is 0.256 e. The van der Waals surface area contributed by atoms with Crippen molar-refractivity contribution in [1.29, 1.82) is 0 Å². The molecule has 1 aliphatic rings. The first-order valence-corrected chi connectivity index (χ1v) is 5.68. The van der Waals surface area contributed by atoms with Gasteiger partial charge in [0.25, 0.3) is 5.91 Å². The number of hydrogen-bond donors (Lipinski definition) is 2. The molecule has 16 heavy (non-hydrogen) atoms. The Morgan fingerprint density at radius 2 is 1.88 bits per heavy atom. The van der Waals surface area contributed by atoms with Gasteiger partial charge >= 0.3 is 0 Å². The largest absolute Gasteiger partial charge is 0.339 e. The average Bonchev–Trinajstić information content (AvgIpc) is 2.39. The Balaban J connectivity index is 2.19. The summed E-state index contributed by atoms with van der Waals surface area (Å²) in [7, 11) is 0. The lowest BCUT2D eigenvalue weighted by Crippen LogP contribution is -2.36. The highest BCUT2D eigenvalue weighted by Gasteiger charge is 2.19. The summed E-state index contributed by atoms with van der Waals surface area (Å²) in [5, 5.41) is 0. The third kappa shape index (κ3) is 2.17. The molecule has 0 unspecified atom stereocenters. The van der Waals surface area contributed by atoms with Crippen molar-refractivity contribution in [2.45, 2.75) is 19.3 Å². The predicted octanol–water partition coefficient (Wildman–Crippen LogP) is 1.60. The number of nitrogen functional groups attached to an aromatic ring is 1. The summed E-state index contributed by atoms with van der Waals surface area (Å²) in [6.45, 7) is 1.72. The number of benzene rings is 1. The van der Waals surface area contributed by atoms with Crippen molar-refractivity contribution in [3.05, 3.63) is 29.8 Å². The highest BCUT2D eigenvalue weighted by Crippen LogP contribution is 2.18. The van der Waals surface area contributed by atoms with Gasteiger partial charge in [0.1, 0.15) is 0 Å². The number of nitrogens with two attached hydrogens (primary N) is 1. The maximum Gasteiger partial charge on any atom is 0.256 e. The molecular formula is C12H17N3O. The molecule has 0 aliphatic carbocycles. The van der Waals surface area contributed by atoms with Gasteiger partial charge in [0, 0.05) is 13.1 Å². The number of rotatable bonds is 2. The van der Waals surface area contributed by atoms with E-state index in [-0.39, 0.29) is 5.91 Å². The lowest BCUT2D eigenvalue weighted by Gasteiger charge is -2.27. The lowest BCUT2D eigenvalue weighted by molar-refractivity contribution is 0.0725. The van der Waals surface area contributed by atoms with E-state index in [1.807, 2.05) is 29.2 Å². The van der Waals surface area contributed by atoms with Crippen LogP contribution in [0.3, 0.4) is 0 Å². The van der Waals surface area contributed by atoms with Gasteiger partial charge in [-0.25, -0.2) is 0 Å². The second-order valence-corrected chi connectivity index (χ2v) is 4.04. The molecule has 2 rings (SSSR count). The number of likely N-dealkylation sites (tertiary alicyclic amines) is 1. The van der Waals surface area contributed by atoms with Gasteiger partial charge in [-0.1, -0.05) is 12.1 Å². The Morgan fingerprint density at radius 1 is 1.19 bits per heavy atom. The quantitative estimate of drug-likeness (QED) is 0.586. The van der Waals surface area contributed by atoms with Gasteiger partial charge in [0.2, 0.25) is 0 Å². The summed E-state index contributed by atoms with van der Waals surface area (Å²) >= 11 is 0. The summed E-state index contributed by atoms with van der Waals surface area (Å²) in [5.41, 5.74) is 3.92. The molecule has 0 bridgehead atoms. The van der Waals surface area contributed by atoms with Gasteiger partial charge in [-0.15, -0.1) is 0 Å². The summed E-state index contributed by atoms with van der Waals surface area (Å²) in [5.74, 6) is 5.47. The zero-order valence-corrected chi connectivity index (χ0v) is 9.28. The van der Waals surface area contributed by atoms with Crippen LogP contribution in [-0.4, -0.2) is 23.9 Å². The highest BCUT2D eigenvalue weighted by molar-refractivity contribution is 5.99. The molecule has 1 saturated heterocycles. The van der Waals surface area contributed by atoms with Crippen molar-refractivity contribution in [3.8, 4) is 0 Å². The minimum Gasteiger partial charge on any atom is -0.339 e. The first kappa shape index (κ1) is 11.0. The number of nitrogens with zero attached hydrogens (tertiary/aromatic N) is 1. The number of para-hydroxylation sites is 1. The lowest BCUT2D eigenvalue weighted by atomic mass is 10.1. The van der Waals surface area contributed by atoms with E-state index in [0.29, 0.717) is 11.3 Å². The number of nitrogens with one attached hydrogen (secondary N) is 1. The molecular weight excluding hydrogens is 202 g/mol. The minimum atomic E-state index is 0.0771. The molecule has 0 aromatic heterocycles. The van der Waals surface area contributed by atoms with Crippen LogP contribution in [0.15, 0.2) is 24.3 Å². The maximum absolute atomic E-state index is 12.2. The molecule has 3 N–H and O–H groups in total. The topological polar surface area (TPSA) is 58.4 Å². The standard InChI is InChI=1S/C12H17N3O/c13-14-11-7-3-2-6-10(11)12(16)15-8-4-1-5-9-15/h2-3,6-7,14H,1,4-5,8-9,13H2. The summed E-state index contributed by atoms with van der Waals surface area (Å²) in [6, 6.07) is 7.35. The normalized spacial score (nSPS) is 15.9. The zero-order valence-electron chi connectivity index (χ0n) is 9.28. The van der Waals surface area contributed by atoms with Crippen molar-refractivity contribution >= 4 is 11.6 Å². The molecule has 0 radical (unpaired) electrons. The molecule has 0 saturated carbocycles. The van der Waals surface area contributed by atoms with Gasteiger partial charge in [0.05, 0.1) is 11.3 Å².